The summed E-state index contributed by atoms with van der Waals surface area (Å²) in [5, 5.41) is 2.26. The topological polar surface area (TPSA) is 84.9 Å². The first-order valence-electron chi connectivity index (χ1n) is 8.70. The van der Waals surface area contributed by atoms with Gasteiger partial charge < -0.3 is 9.47 Å². The number of hydrogen-bond donors (Lipinski definition) is 1. The minimum Gasteiger partial charge on any atom is -0.493 e. The Balaban J connectivity index is 1.90. The van der Waals surface area contributed by atoms with Crippen LogP contribution in [0.25, 0.3) is 6.08 Å². The monoisotopic (exact) mass is 368 g/mol. The zero-order valence-corrected chi connectivity index (χ0v) is 15.0. The van der Waals surface area contributed by atoms with Crippen LogP contribution in [0.4, 0.5) is 4.79 Å². The summed E-state index contributed by atoms with van der Waals surface area (Å²) in [5.74, 6) is 1.98. The van der Waals surface area contributed by atoms with Crippen molar-refractivity contribution in [2.45, 2.75) is 31.7 Å². The highest BCUT2D eigenvalue weighted by molar-refractivity contribution is 6.31. The molecule has 0 spiro atoms. The van der Waals surface area contributed by atoms with E-state index >= 15 is 0 Å². The number of nitrogens with zero attached hydrogens (tertiary/aromatic N) is 1. The van der Waals surface area contributed by atoms with E-state index in [4.69, 9.17) is 15.9 Å². The molecule has 0 radical (unpaired) electrons. The molecule has 1 N–H and O–H groups in total. The number of terminal acetylenes is 1. The lowest BCUT2D eigenvalue weighted by Gasteiger charge is -2.31. The van der Waals surface area contributed by atoms with E-state index in [0.29, 0.717) is 17.1 Å². The number of rotatable bonds is 5. The molecule has 0 atom stereocenters. The van der Waals surface area contributed by atoms with Gasteiger partial charge in [-0.25, -0.2) is 4.79 Å². The van der Waals surface area contributed by atoms with Crippen molar-refractivity contribution in [3.8, 4) is 23.8 Å². The SMILES string of the molecule is C#CCOc1ccc(/C=C2\C(=O)NC(=O)N(C3CCCC3)C2=O)cc1OC. The van der Waals surface area contributed by atoms with Crippen molar-refractivity contribution in [1.29, 1.82) is 0 Å². The quantitative estimate of drug-likeness (QED) is 0.489. The van der Waals surface area contributed by atoms with Gasteiger partial charge in [-0.05, 0) is 36.6 Å². The van der Waals surface area contributed by atoms with Crippen molar-refractivity contribution in [3.05, 3.63) is 29.3 Å². The second-order valence-electron chi connectivity index (χ2n) is 6.33. The number of carbonyl (C=O) groups excluding carboxylic acids is 3. The maximum atomic E-state index is 12.8. The van der Waals surface area contributed by atoms with Crippen LogP contribution in [0.2, 0.25) is 0 Å². The minimum absolute atomic E-state index is 0.0825. The van der Waals surface area contributed by atoms with Gasteiger partial charge in [0.15, 0.2) is 11.5 Å². The van der Waals surface area contributed by atoms with Crippen LogP contribution >= 0.6 is 0 Å². The number of carbonyl (C=O) groups is 3. The molecule has 0 unspecified atom stereocenters. The number of imide groups is 2. The van der Waals surface area contributed by atoms with Gasteiger partial charge in [0.1, 0.15) is 12.2 Å². The zero-order chi connectivity index (χ0) is 19.4. The Kier molecular flexibility index (Phi) is 5.46. The van der Waals surface area contributed by atoms with Gasteiger partial charge in [0, 0.05) is 6.04 Å². The number of methoxy groups -OCH3 is 1. The predicted octanol–water partition coefficient (Wildman–Crippen LogP) is 2.11. The highest BCUT2D eigenvalue weighted by atomic mass is 16.5. The van der Waals surface area contributed by atoms with Crippen molar-refractivity contribution in [3.63, 3.8) is 0 Å². The van der Waals surface area contributed by atoms with E-state index in [1.807, 2.05) is 0 Å². The van der Waals surface area contributed by atoms with Crippen LogP contribution in [-0.2, 0) is 9.59 Å². The summed E-state index contributed by atoms with van der Waals surface area (Å²) < 4.78 is 10.7. The summed E-state index contributed by atoms with van der Waals surface area (Å²) in [6, 6.07) is 4.15. The third-order valence-electron chi connectivity index (χ3n) is 4.63. The largest absolute Gasteiger partial charge is 0.493 e. The number of ether oxygens (including phenoxy) is 2. The molecule has 1 aromatic carbocycles. The summed E-state index contributed by atoms with van der Waals surface area (Å²) >= 11 is 0. The maximum Gasteiger partial charge on any atom is 0.331 e. The van der Waals surface area contributed by atoms with E-state index in [1.165, 1.54) is 18.1 Å². The Morgan fingerprint density at radius 2 is 2.00 bits per heavy atom. The lowest BCUT2D eigenvalue weighted by Crippen LogP contribution is -2.57. The van der Waals surface area contributed by atoms with E-state index < -0.39 is 17.8 Å². The van der Waals surface area contributed by atoms with Crippen LogP contribution in [0.1, 0.15) is 31.2 Å². The molecule has 1 aromatic rings. The first-order chi connectivity index (χ1) is 13.0. The Morgan fingerprint density at radius 3 is 2.67 bits per heavy atom. The summed E-state index contributed by atoms with van der Waals surface area (Å²) in [6.45, 7) is 0.0934. The normalized spacial score (nSPS) is 19.2. The average Bonchev–Trinajstić information content (AvgIpc) is 3.17. The molecule has 4 amide bonds. The van der Waals surface area contributed by atoms with Gasteiger partial charge in [-0.1, -0.05) is 24.8 Å². The summed E-state index contributed by atoms with van der Waals surface area (Å²) in [6.07, 6.45) is 10.1. The van der Waals surface area contributed by atoms with E-state index in [2.05, 4.69) is 11.2 Å². The molecule has 2 aliphatic rings. The van der Waals surface area contributed by atoms with E-state index in [0.717, 1.165) is 25.7 Å². The van der Waals surface area contributed by atoms with Gasteiger partial charge in [0.05, 0.1) is 7.11 Å². The van der Waals surface area contributed by atoms with Crippen LogP contribution < -0.4 is 14.8 Å². The lowest BCUT2D eigenvalue weighted by atomic mass is 10.0. The molecule has 0 aromatic heterocycles. The van der Waals surface area contributed by atoms with E-state index in [9.17, 15) is 14.4 Å². The minimum atomic E-state index is -0.703. The molecule has 27 heavy (non-hydrogen) atoms. The second kappa shape index (κ2) is 7.96. The van der Waals surface area contributed by atoms with Gasteiger partial charge in [-0.15, -0.1) is 6.42 Å². The standard InChI is InChI=1S/C20H20N2O5/c1-3-10-27-16-9-8-13(12-17(16)26-2)11-15-18(23)21-20(25)22(19(15)24)14-6-4-5-7-14/h1,8-9,11-12,14H,4-7,10H2,2H3,(H,21,23,25)/b15-11+. The number of benzene rings is 1. The number of hydrogen-bond acceptors (Lipinski definition) is 5. The molecule has 1 aliphatic carbocycles. The molecule has 1 heterocycles. The molecule has 3 rings (SSSR count). The van der Waals surface area contributed by atoms with E-state index in [-0.39, 0.29) is 18.2 Å². The summed E-state index contributed by atoms with van der Waals surface area (Å²) in [5.41, 5.74) is 0.486. The highest BCUT2D eigenvalue weighted by Crippen LogP contribution is 2.30. The average molecular weight is 368 g/mol. The van der Waals surface area contributed by atoms with Gasteiger partial charge in [0.2, 0.25) is 0 Å². The molecule has 1 aliphatic heterocycles. The van der Waals surface area contributed by atoms with Crippen LogP contribution in [0.15, 0.2) is 23.8 Å². The van der Waals surface area contributed by atoms with Gasteiger partial charge in [-0.2, -0.15) is 0 Å². The Bertz CT molecular complexity index is 846. The van der Waals surface area contributed by atoms with Crippen LogP contribution in [-0.4, -0.2) is 42.5 Å². The van der Waals surface area contributed by atoms with Crippen LogP contribution in [0.5, 0.6) is 11.5 Å². The zero-order valence-electron chi connectivity index (χ0n) is 15.0. The fourth-order valence-corrected chi connectivity index (χ4v) is 3.34. The number of urea groups is 1. The molecule has 140 valence electrons. The van der Waals surface area contributed by atoms with Crippen molar-refractivity contribution < 1.29 is 23.9 Å². The van der Waals surface area contributed by atoms with Crippen molar-refractivity contribution in [2.75, 3.05) is 13.7 Å². The molecule has 2 fully saturated rings. The molecular weight excluding hydrogens is 348 g/mol. The number of barbiturate groups is 1. The molecular formula is C20H20N2O5. The van der Waals surface area contributed by atoms with Crippen LogP contribution in [0.3, 0.4) is 0 Å². The predicted molar refractivity (Wildman–Crippen MR) is 97.9 cm³/mol. The molecule has 0 bridgehead atoms. The fourth-order valence-electron chi connectivity index (χ4n) is 3.34. The van der Waals surface area contributed by atoms with Crippen molar-refractivity contribution in [2.24, 2.45) is 0 Å². The van der Waals surface area contributed by atoms with Gasteiger partial charge in [-0.3, -0.25) is 19.8 Å². The van der Waals surface area contributed by atoms with Crippen LogP contribution in [0, 0.1) is 12.3 Å². The Hall–Kier alpha value is -3.27. The third kappa shape index (κ3) is 3.80. The second-order valence-corrected chi connectivity index (χ2v) is 6.33. The highest BCUT2D eigenvalue weighted by Gasteiger charge is 2.40. The number of nitrogens with one attached hydrogen (secondary N) is 1. The maximum absolute atomic E-state index is 12.8. The fraction of sp³-hybridized carbons (Fsp3) is 0.350. The summed E-state index contributed by atoms with van der Waals surface area (Å²) in [7, 11) is 1.48. The van der Waals surface area contributed by atoms with E-state index in [1.54, 1.807) is 18.2 Å². The molecule has 7 nitrogen and oxygen atoms in total. The van der Waals surface area contributed by atoms with Crippen molar-refractivity contribution in [1.82, 2.24) is 10.2 Å². The molecule has 7 heteroatoms. The van der Waals surface area contributed by atoms with Crippen molar-refractivity contribution >= 4 is 23.9 Å². The Morgan fingerprint density at radius 1 is 1.26 bits per heavy atom. The smallest absolute Gasteiger partial charge is 0.331 e. The first kappa shape index (κ1) is 18.5. The van der Waals surface area contributed by atoms with Gasteiger partial charge in [0.25, 0.3) is 11.8 Å². The Labute approximate surface area is 157 Å². The van der Waals surface area contributed by atoms with Gasteiger partial charge >= 0.3 is 6.03 Å². The summed E-state index contributed by atoms with van der Waals surface area (Å²) in [4.78, 5) is 38.3. The first-order valence-corrected chi connectivity index (χ1v) is 8.70. The molecule has 1 saturated carbocycles. The lowest BCUT2D eigenvalue weighted by molar-refractivity contribution is -0.131. The molecule has 1 saturated heterocycles. The number of amides is 4. The third-order valence-corrected chi connectivity index (χ3v) is 4.63.